The Balaban J connectivity index is 2.43. The zero-order valence-corrected chi connectivity index (χ0v) is 10.3. The van der Waals surface area contributed by atoms with E-state index in [0.29, 0.717) is 5.56 Å². The Hall–Kier alpha value is -1.43. The molecule has 0 bridgehead atoms. The SMILES string of the molecule is Cc1ccc(C(=O)C2(C(F)(F)F)CCNC2)cc1F. The number of carbonyl (C=O) groups excluding carboxylic acids is 1. The second kappa shape index (κ2) is 4.59. The highest BCUT2D eigenvalue weighted by atomic mass is 19.4. The van der Waals surface area contributed by atoms with Crippen LogP contribution in [0.15, 0.2) is 18.2 Å². The maximum Gasteiger partial charge on any atom is 0.402 e. The summed E-state index contributed by atoms with van der Waals surface area (Å²) in [5.41, 5.74) is -2.37. The smallest absolute Gasteiger partial charge is 0.315 e. The molecular formula is C13H13F4NO. The number of Topliss-reactive ketones (excluding diaryl/α,β-unsaturated/α-hetero) is 1. The van der Waals surface area contributed by atoms with Crippen LogP contribution in [0.5, 0.6) is 0 Å². The second-order valence-electron chi connectivity index (χ2n) is 4.80. The zero-order valence-electron chi connectivity index (χ0n) is 10.3. The maximum absolute atomic E-state index is 13.4. The number of rotatable bonds is 2. The van der Waals surface area contributed by atoms with Gasteiger partial charge < -0.3 is 5.32 Å². The lowest BCUT2D eigenvalue weighted by molar-refractivity contribution is -0.197. The summed E-state index contributed by atoms with van der Waals surface area (Å²) in [7, 11) is 0. The summed E-state index contributed by atoms with van der Waals surface area (Å²) in [5.74, 6) is -1.74. The summed E-state index contributed by atoms with van der Waals surface area (Å²) < 4.78 is 52.9. The minimum Gasteiger partial charge on any atom is -0.315 e. The molecule has 1 aliphatic heterocycles. The molecule has 2 rings (SSSR count). The molecule has 1 saturated heterocycles. The number of carbonyl (C=O) groups is 1. The van der Waals surface area contributed by atoms with E-state index in [9.17, 15) is 22.4 Å². The molecule has 1 N–H and O–H groups in total. The Morgan fingerprint density at radius 2 is 2.05 bits per heavy atom. The molecule has 1 unspecified atom stereocenters. The van der Waals surface area contributed by atoms with Crippen LogP contribution in [-0.2, 0) is 0 Å². The molecule has 1 aromatic rings. The van der Waals surface area contributed by atoms with Gasteiger partial charge in [-0.05, 0) is 31.5 Å². The number of benzene rings is 1. The molecule has 6 heteroatoms. The molecule has 1 fully saturated rings. The van der Waals surface area contributed by atoms with Gasteiger partial charge in [-0.25, -0.2) is 4.39 Å². The van der Waals surface area contributed by atoms with Crippen molar-refractivity contribution in [1.82, 2.24) is 5.32 Å². The standard InChI is InChI=1S/C13H13F4NO/c1-8-2-3-9(6-10(8)14)11(19)12(13(15,16)17)4-5-18-7-12/h2-3,6,18H,4-5,7H2,1H3. The van der Waals surface area contributed by atoms with Gasteiger partial charge in [-0.15, -0.1) is 0 Å². The Morgan fingerprint density at radius 3 is 2.53 bits per heavy atom. The van der Waals surface area contributed by atoms with Crippen molar-refractivity contribution in [2.75, 3.05) is 13.1 Å². The van der Waals surface area contributed by atoms with Crippen LogP contribution in [0, 0.1) is 18.2 Å². The predicted molar refractivity (Wildman–Crippen MR) is 61.4 cm³/mol. The summed E-state index contributed by atoms with van der Waals surface area (Å²) in [6.07, 6.45) is -4.96. The third kappa shape index (κ3) is 2.25. The molecular weight excluding hydrogens is 262 g/mol. The minimum absolute atomic E-state index is 0.125. The Bertz CT molecular complexity index is 504. The molecule has 104 valence electrons. The van der Waals surface area contributed by atoms with E-state index < -0.39 is 29.7 Å². The number of alkyl halides is 3. The van der Waals surface area contributed by atoms with Crippen LogP contribution < -0.4 is 5.32 Å². The fourth-order valence-electron chi connectivity index (χ4n) is 2.27. The van der Waals surface area contributed by atoms with Gasteiger partial charge in [0.05, 0.1) is 0 Å². The first-order valence-corrected chi connectivity index (χ1v) is 5.86. The monoisotopic (exact) mass is 275 g/mol. The van der Waals surface area contributed by atoms with Gasteiger partial charge in [0.25, 0.3) is 0 Å². The summed E-state index contributed by atoms with van der Waals surface area (Å²) in [6, 6.07) is 3.44. The molecule has 1 aliphatic rings. The van der Waals surface area contributed by atoms with E-state index in [-0.39, 0.29) is 18.5 Å². The molecule has 0 saturated carbocycles. The average molecular weight is 275 g/mol. The van der Waals surface area contributed by atoms with E-state index in [4.69, 9.17) is 0 Å². The van der Waals surface area contributed by atoms with Gasteiger partial charge >= 0.3 is 6.18 Å². The van der Waals surface area contributed by atoms with Crippen molar-refractivity contribution < 1.29 is 22.4 Å². The lowest BCUT2D eigenvalue weighted by Gasteiger charge is -2.29. The summed E-state index contributed by atoms with van der Waals surface area (Å²) in [6.45, 7) is 1.16. The van der Waals surface area contributed by atoms with Gasteiger partial charge in [-0.2, -0.15) is 13.2 Å². The zero-order chi connectivity index (χ0) is 14.3. The molecule has 1 atom stereocenters. The first-order chi connectivity index (χ1) is 8.78. The highest BCUT2D eigenvalue weighted by molar-refractivity contribution is 6.01. The average Bonchev–Trinajstić information content (AvgIpc) is 2.81. The molecule has 19 heavy (non-hydrogen) atoms. The van der Waals surface area contributed by atoms with E-state index in [1.165, 1.54) is 19.1 Å². The topological polar surface area (TPSA) is 29.1 Å². The molecule has 2 nitrogen and oxygen atoms in total. The summed E-state index contributed by atoms with van der Waals surface area (Å²) >= 11 is 0. The van der Waals surface area contributed by atoms with Gasteiger partial charge in [0.1, 0.15) is 11.2 Å². The van der Waals surface area contributed by atoms with Gasteiger partial charge in [0.15, 0.2) is 5.78 Å². The minimum atomic E-state index is -4.64. The molecule has 0 radical (unpaired) electrons. The van der Waals surface area contributed by atoms with Crippen LogP contribution in [-0.4, -0.2) is 25.0 Å². The van der Waals surface area contributed by atoms with Crippen molar-refractivity contribution >= 4 is 5.78 Å². The van der Waals surface area contributed by atoms with Gasteiger partial charge in [0, 0.05) is 12.1 Å². The number of hydrogen-bond donors (Lipinski definition) is 1. The number of hydrogen-bond acceptors (Lipinski definition) is 2. The van der Waals surface area contributed by atoms with Crippen LogP contribution in [0.2, 0.25) is 0 Å². The molecule has 0 spiro atoms. The first-order valence-electron chi connectivity index (χ1n) is 5.86. The third-order valence-corrected chi connectivity index (χ3v) is 3.57. The summed E-state index contributed by atoms with van der Waals surface area (Å²) in [4.78, 5) is 12.2. The van der Waals surface area contributed by atoms with Gasteiger partial charge in [-0.1, -0.05) is 12.1 Å². The fraction of sp³-hybridized carbons (Fsp3) is 0.462. The van der Waals surface area contributed by atoms with Crippen molar-refractivity contribution in [3.63, 3.8) is 0 Å². The normalized spacial score (nSPS) is 23.6. The van der Waals surface area contributed by atoms with Crippen molar-refractivity contribution in [3.8, 4) is 0 Å². The molecule has 0 amide bonds. The van der Waals surface area contributed by atoms with Crippen LogP contribution in [0.4, 0.5) is 17.6 Å². The highest BCUT2D eigenvalue weighted by Gasteiger charge is 2.61. The lowest BCUT2D eigenvalue weighted by Crippen LogP contribution is -2.46. The van der Waals surface area contributed by atoms with Crippen molar-refractivity contribution in [1.29, 1.82) is 0 Å². The van der Waals surface area contributed by atoms with E-state index >= 15 is 0 Å². The Morgan fingerprint density at radius 1 is 1.37 bits per heavy atom. The fourth-order valence-corrected chi connectivity index (χ4v) is 2.27. The molecule has 0 aromatic heterocycles. The Labute approximate surface area is 107 Å². The number of aryl methyl sites for hydroxylation is 1. The van der Waals surface area contributed by atoms with Gasteiger partial charge in [-0.3, -0.25) is 4.79 Å². The van der Waals surface area contributed by atoms with E-state index in [0.717, 1.165) is 6.07 Å². The van der Waals surface area contributed by atoms with Crippen LogP contribution in [0.3, 0.4) is 0 Å². The third-order valence-electron chi connectivity index (χ3n) is 3.57. The lowest BCUT2D eigenvalue weighted by atomic mass is 9.78. The van der Waals surface area contributed by atoms with Crippen LogP contribution in [0.25, 0.3) is 0 Å². The van der Waals surface area contributed by atoms with Crippen molar-refractivity contribution in [2.24, 2.45) is 5.41 Å². The highest BCUT2D eigenvalue weighted by Crippen LogP contribution is 2.45. The second-order valence-corrected chi connectivity index (χ2v) is 4.80. The van der Waals surface area contributed by atoms with Crippen LogP contribution >= 0.6 is 0 Å². The summed E-state index contributed by atoms with van der Waals surface area (Å²) in [5, 5.41) is 2.56. The van der Waals surface area contributed by atoms with E-state index in [2.05, 4.69) is 5.32 Å². The van der Waals surface area contributed by atoms with Crippen LogP contribution in [0.1, 0.15) is 22.3 Å². The van der Waals surface area contributed by atoms with Crippen molar-refractivity contribution in [3.05, 3.63) is 35.1 Å². The van der Waals surface area contributed by atoms with E-state index in [1.807, 2.05) is 0 Å². The molecule has 0 aliphatic carbocycles. The van der Waals surface area contributed by atoms with Gasteiger partial charge in [0.2, 0.25) is 0 Å². The molecule has 1 aromatic carbocycles. The maximum atomic E-state index is 13.4. The van der Waals surface area contributed by atoms with E-state index in [1.54, 1.807) is 0 Å². The Kier molecular flexibility index (Phi) is 3.38. The quantitative estimate of drug-likeness (QED) is 0.664. The number of halogens is 4. The molecule has 1 heterocycles. The largest absolute Gasteiger partial charge is 0.402 e. The number of ketones is 1. The first kappa shape index (κ1) is 14.0. The number of nitrogens with one attached hydrogen (secondary N) is 1. The van der Waals surface area contributed by atoms with Crippen molar-refractivity contribution in [2.45, 2.75) is 19.5 Å². The predicted octanol–water partition coefficient (Wildman–Crippen LogP) is 2.86.